The van der Waals surface area contributed by atoms with Crippen LogP contribution >= 0.6 is 23.4 Å². The monoisotopic (exact) mass is 418 g/mol. The third-order valence-corrected chi connectivity index (χ3v) is 6.37. The van der Waals surface area contributed by atoms with Crippen molar-refractivity contribution in [1.82, 2.24) is 0 Å². The number of thioether (sulfide) groups is 1. The summed E-state index contributed by atoms with van der Waals surface area (Å²) in [5.74, 6) is 1.35. The molecule has 2 rings (SSSR count). The summed E-state index contributed by atoms with van der Waals surface area (Å²) in [5.41, 5.74) is 2.25. The second-order valence-corrected chi connectivity index (χ2v) is 9.02. The summed E-state index contributed by atoms with van der Waals surface area (Å²) in [6, 6.07) is 16.2. The van der Waals surface area contributed by atoms with Crippen molar-refractivity contribution in [3.8, 4) is 16.9 Å². The zero-order chi connectivity index (χ0) is 20.4. The van der Waals surface area contributed by atoms with Crippen LogP contribution in [0.1, 0.15) is 52.9 Å². The molecule has 0 aliphatic carbocycles. The molecule has 0 aliphatic heterocycles. The summed E-state index contributed by atoms with van der Waals surface area (Å²) in [7, 11) is 0. The molecular weight excluding hydrogens is 388 g/mol. The summed E-state index contributed by atoms with van der Waals surface area (Å²) in [6.07, 6.45) is 6.61. The number of benzene rings is 2. The van der Waals surface area contributed by atoms with Gasteiger partial charge >= 0.3 is 5.97 Å². The molecule has 0 amide bonds. The summed E-state index contributed by atoms with van der Waals surface area (Å²) in [5, 5.41) is -0.628. The fourth-order valence-corrected chi connectivity index (χ4v) is 3.76. The molecular formula is C24H31ClO2S. The molecule has 2 aromatic carbocycles. The third kappa shape index (κ3) is 7.52. The number of unbranched alkanes of at least 4 members (excludes halogenated alkanes) is 4. The molecule has 152 valence electrons. The zero-order valence-electron chi connectivity index (χ0n) is 17.1. The van der Waals surface area contributed by atoms with Gasteiger partial charge in [0.15, 0.2) is 0 Å². The zero-order valence-corrected chi connectivity index (χ0v) is 18.7. The molecule has 28 heavy (non-hydrogen) atoms. The fraction of sp³-hybridized carbons (Fsp3) is 0.458. The van der Waals surface area contributed by atoms with Gasteiger partial charge in [0, 0.05) is 4.90 Å². The van der Waals surface area contributed by atoms with E-state index in [1.54, 1.807) is 0 Å². The van der Waals surface area contributed by atoms with Crippen LogP contribution < -0.4 is 4.74 Å². The highest BCUT2D eigenvalue weighted by Gasteiger charge is 2.21. The highest BCUT2D eigenvalue weighted by Crippen LogP contribution is 2.27. The average molecular weight is 419 g/mol. The Morgan fingerprint density at radius 3 is 2.07 bits per heavy atom. The van der Waals surface area contributed by atoms with Crippen molar-refractivity contribution >= 4 is 29.3 Å². The Kier molecular flexibility index (Phi) is 9.94. The van der Waals surface area contributed by atoms with Crippen LogP contribution in [0.5, 0.6) is 5.75 Å². The van der Waals surface area contributed by atoms with Crippen molar-refractivity contribution in [2.75, 3.05) is 5.75 Å². The van der Waals surface area contributed by atoms with Gasteiger partial charge in [0.05, 0.1) is 0 Å². The normalized spacial score (nSPS) is 12.2. The van der Waals surface area contributed by atoms with E-state index in [1.165, 1.54) is 42.8 Å². The van der Waals surface area contributed by atoms with Crippen LogP contribution in [0.2, 0.25) is 0 Å². The van der Waals surface area contributed by atoms with Gasteiger partial charge in [-0.3, -0.25) is 4.79 Å². The van der Waals surface area contributed by atoms with E-state index in [0.717, 1.165) is 11.1 Å². The van der Waals surface area contributed by atoms with Gasteiger partial charge in [-0.25, -0.2) is 0 Å². The summed E-state index contributed by atoms with van der Waals surface area (Å²) < 4.78 is 5.35. The van der Waals surface area contributed by atoms with Crippen molar-refractivity contribution in [3.05, 3.63) is 48.5 Å². The maximum atomic E-state index is 11.9. The van der Waals surface area contributed by atoms with Gasteiger partial charge in [0.2, 0.25) is 0 Å². The van der Waals surface area contributed by atoms with Crippen molar-refractivity contribution in [2.45, 2.75) is 63.1 Å². The highest BCUT2D eigenvalue weighted by atomic mass is 35.5. The van der Waals surface area contributed by atoms with Gasteiger partial charge in [-0.05, 0) is 53.5 Å². The number of hydrogen-bond donors (Lipinski definition) is 0. The molecule has 0 saturated carbocycles. The third-order valence-electron chi connectivity index (χ3n) is 4.59. The molecule has 0 saturated heterocycles. The molecule has 2 nitrogen and oxygen atoms in total. The standard InChI is InChI=1S/C24H31ClO2S/c1-4-5-6-7-8-17-28-22-15-11-20(12-16-22)19-9-13-21(14-10-19)27-24(26)23(25)18(2)3/h9-16,18,23H,4-8,17H2,1-3H3/t23-/m0/s1. The van der Waals surface area contributed by atoms with Crippen LogP contribution in [0.25, 0.3) is 11.1 Å². The van der Waals surface area contributed by atoms with Crippen LogP contribution in [0.4, 0.5) is 0 Å². The van der Waals surface area contributed by atoms with Gasteiger partial charge in [-0.1, -0.05) is 70.7 Å². The number of carbonyl (C=O) groups excluding carboxylic acids is 1. The van der Waals surface area contributed by atoms with Gasteiger partial charge in [0.25, 0.3) is 0 Å². The predicted molar refractivity (Wildman–Crippen MR) is 121 cm³/mol. The van der Waals surface area contributed by atoms with E-state index in [4.69, 9.17) is 16.3 Å². The lowest BCUT2D eigenvalue weighted by Gasteiger charge is -2.12. The largest absolute Gasteiger partial charge is 0.425 e. The molecule has 0 aliphatic rings. The molecule has 0 fully saturated rings. The molecule has 4 heteroatoms. The Balaban J connectivity index is 1.85. The van der Waals surface area contributed by atoms with Crippen molar-refractivity contribution in [1.29, 1.82) is 0 Å². The minimum atomic E-state index is -0.628. The smallest absolute Gasteiger partial charge is 0.329 e. The van der Waals surface area contributed by atoms with Gasteiger partial charge in [-0.2, -0.15) is 0 Å². The Labute approximate surface area is 179 Å². The van der Waals surface area contributed by atoms with E-state index in [-0.39, 0.29) is 5.92 Å². The van der Waals surface area contributed by atoms with E-state index in [2.05, 4.69) is 31.2 Å². The topological polar surface area (TPSA) is 26.3 Å². The molecule has 1 atom stereocenters. The minimum absolute atomic E-state index is 0.0427. The first-order valence-electron chi connectivity index (χ1n) is 10.2. The second-order valence-electron chi connectivity index (χ2n) is 7.38. The predicted octanol–water partition coefficient (Wildman–Crippen LogP) is 7.58. The molecule has 0 radical (unpaired) electrons. The number of hydrogen-bond acceptors (Lipinski definition) is 3. The van der Waals surface area contributed by atoms with Gasteiger partial charge in [-0.15, -0.1) is 23.4 Å². The Bertz CT molecular complexity index is 710. The Morgan fingerprint density at radius 1 is 0.929 bits per heavy atom. The number of ether oxygens (including phenoxy) is 1. The van der Waals surface area contributed by atoms with Gasteiger partial charge < -0.3 is 4.74 Å². The summed E-state index contributed by atoms with van der Waals surface area (Å²) >= 11 is 7.98. The number of carbonyl (C=O) groups is 1. The Hall–Kier alpha value is -1.45. The average Bonchev–Trinajstić information content (AvgIpc) is 2.71. The van der Waals surface area contributed by atoms with Gasteiger partial charge in [0.1, 0.15) is 11.1 Å². The Morgan fingerprint density at radius 2 is 1.50 bits per heavy atom. The van der Waals surface area contributed by atoms with E-state index >= 15 is 0 Å². The number of esters is 1. The van der Waals surface area contributed by atoms with Crippen LogP contribution in [0.15, 0.2) is 53.4 Å². The molecule has 0 N–H and O–H groups in total. The maximum Gasteiger partial charge on any atom is 0.329 e. The van der Waals surface area contributed by atoms with Crippen LogP contribution in [0, 0.1) is 5.92 Å². The number of alkyl halides is 1. The molecule has 0 bridgehead atoms. The molecule has 0 heterocycles. The first-order valence-corrected chi connectivity index (χ1v) is 11.6. The van der Waals surface area contributed by atoms with Crippen LogP contribution in [-0.4, -0.2) is 17.1 Å². The quantitative estimate of drug-likeness (QED) is 0.124. The van der Waals surface area contributed by atoms with E-state index in [0.29, 0.717) is 5.75 Å². The first-order chi connectivity index (χ1) is 13.5. The lowest BCUT2D eigenvalue weighted by atomic mass is 10.1. The summed E-state index contributed by atoms with van der Waals surface area (Å²) in [4.78, 5) is 13.3. The lowest BCUT2D eigenvalue weighted by molar-refractivity contribution is -0.134. The van der Waals surface area contributed by atoms with Crippen molar-refractivity contribution in [2.24, 2.45) is 5.92 Å². The van der Waals surface area contributed by atoms with Crippen molar-refractivity contribution in [3.63, 3.8) is 0 Å². The number of halogens is 1. The SMILES string of the molecule is CCCCCCCSc1ccc(-c2ccc(OC(=O)[C@@H](Cl)C(C)C)cc2)cc1. The second kappa shape index (κ2) is 12.2. The van der Waals surface area contributed by atoms with E-state index in [1.807, 2.05) is 49.9 Å². The van der Waals surface area contributed by atoms with Crippen LogP contribution in [0.3, 0.4) is 0 Å². The highest BCUT2D eigenvalue weighted by molar-refractivity contribution is 7.99. The molecule has 0 aromatic heterocycles. The molecule has 2 aromatic rings. The van der Waals surface area contributed by atoms with Crippen molar-refractivity contribution < 1.29 is 9.53 Å². The fourth-order valence-electron chi connectivity index (χ4n) is 2.80. The number of rotatable bonds is 11. The first kappa shape index (κ1) is 22.8. The molecule has 0 unspecified atom stereocenters. The van der Waals surface area contributed by atoms with Crippen LogP contribution in [-0.2, 0) is 4.79 Å². The summed E-state index contributed by atoms with van der Waals surface area (Å²) in [6.45, 7) is 6.05. The van der Waals surface area contributed by atoms with E-state index in [9.17, 15) is 4.79 Å². The molecule has 0 spiro atoms. The minimum Gasteiger partial charge on any atom is -0.425 e. The van der Waals surface area contributed by atoms with E-state index < -0.39 is 11.3 Å². The maximum absolute atomic E-state index is 11.9. The lowest BCUT2D eigenvalue weighted by Crippen LogP contribution is -2.25.